The lowest BCUT2D eigenvalue weighted by Gasteiger charge is -2.35. The van der Waals surface area contributed by atoms with Crippen LogP contribution in [0.15, 0.2) is 36.9 Å². The second-order valence-electron chi connectivity index (χ2n) is 9.89. The quantitative estimate of drug-likeness (QED) is 0.304. The number of nitrogens with zero attached hydrogens (tertiary/aromatic N) is 5. The Bertz CT molecular complexity index is 1240. The topological polar surface area (TPSA) is 148 Å². The number of carboxylic acid groups (broad SMARTS) is 1. The number of hydrogen-bond acceptors (Lipinski definition) is 7. The number of nitrogens with two attached hydrogens (primary N) is 1. The highest BCUT2D eigenvalue weighted by Gasteiger charge is 2.39. The zero-order valence-electron chi connectivity index (χ0n) is 21.7. The standard InChI is InChI=1S/C24H36N7O4P/c1-16(2)19-9-7-18(8-10-19)12-30(6)36(34,29-24(4,5)23(32)33)15-35-17(3)11-31-14-28-20-21(25)26-13-27-22(20)31/h7-10,13-14,16-17H,11-12,15H2,1-6H3,(H,29,34)(H,32,33)(H2,25,26,27)/t17-,36?/m0/s1. The van der Waals surface area contributed by atoms with E-state index in [2.05, 4.69) is 46.0 Å². The largest absolute Gasteiger partial charge is 0.480 e. The highest BCUT2D eigenvalue weighted by Crippen LogP contribution is 2.47. The summed E-state index contributed by atoms with van der Waals surface area (Å²) in [4.78, 5) is 24.2. The molecule has 0 amide bonds. The molecule has 0 radical (unpaired) electrons. The Morgan fingerprint density at radius 2 is 1.89 bits per heavy atom. The zero-order chi connectivity index (χ0) is 26.7. The number of imidazole rings is 1. The second-order valence-corrected chi connectivity index (χ2v) is 12.5. The van der Waals surface area contributed by atoms with E-state index in [4.69, 9.17) is 10.5 Å². The minimum absolute atomic E-state index is 0.185. The molecule has 12 heteroatoms. The van der Waals surface area contributed by atoms with Crippen LogP contribution >= 0.6 is 7.44 Å². The van der Waals surface area contributed by atoms with Gasteiger partial charge in [0, 0.05) is 6.54 Å². The molecule has 2 aromatic heterocycles. The first kappa shape index (κ1) is 27.7. The van der Waals surface area contributed by atoms with Crippen LogP contribution in [0.5, 0.6) is 0 Å². The molecule has 2 heterocycles. The normalized spacial score (nSPS) is 14.9. The smallest absolute Gasteiger partial charge is 0.323 e. The summed E-state index contributed by atoms with van der Waals surface area (Å²) in [7, 11) is -1.76. The van der Waals surface area contributed by atoms with Crippen LogP contribution in [-0.2, 0) is 27.2 Å². The molecule has 0 fully saturated rings. The number of rotatable bonds is 12. The molecule has 1 aromatic carbocycles. The average molecular weight is 518 g/mol. The van der Waals surface area contributed by atoms with Crippen LogP contribution in [0.1, 0.15) is 51.7 Å². The molecule has 11 nitrogen and oxygen atoms in total. The average Bonchev–Trinajstić information content (AvgIpc) is 3.21. The van der Waals surface area contributed by atoms with Gasteiger partial charge in [0.15, 0.2) is 11.5 Å². The maximum Gasteiger partial charge on any atom is 0.323 e. The van der Waals surface area contributed by atoms with E-state index in [0.717, 1.165) is 5.56 Å². The van der Waals surface area contributed by atoms with E-state index in [1.807, 2.05) is 19.1 Å². The van der Waals surface area contributed by atoms with Gasteiger partial charge in [-0.05, 0) is 44.9 Å². The van der Waals surface area contributed by atoms with Crippen LogP contribution in [0.2, 0.25) is 0 Å². The van der Waals surface area contributed by atoms with E-state index in [-0.39, 0.29) is 12.5 Å². The van der Waals surface area contributed by atoms with Gasteiger partial charge < -0.3 is 20.1 Å². The Balaban J connectivity index is 1.75. The summed E-state index contributed by atoms with van der Waals surface area (Å²) >= 11 is 0. The van der Waals surface area contributed by atoms with E-state index >= 15 is 0 Å². The van der Waals surface area contributed by atoms with E-state index in [1.54, 1.807) is 22.6 Å². The van der Waals surface area contributed by atoms with Gasteiger partial charge in [0.1, 0.15) is 23.7 Å². The SMILES string of the molecule is CC(C)c1ccc(CN(C)P(=O)(CO[C@@H](C)Cn2cnc3c(N)ncnc32)NC(C)(C)C(=O)O)cc1. The summed E-state index contributed by atoms with van der Waals surface area (Å²) in [5.74, 6) is -0.404. The highest BCUT2D eigenvalue weighted by molar-refractivity contribution is 7.59. The fourth-order valence-corrected chi connectivity index (χ4v) is 5.93. The molecular weight excluding hydrogens is 481 g/mol. The third kappa shape index (κ3) is 6.47. The van der Waals surface area contributed by atoms with E-state index < -0.39 is 19.0 Å². The van der Waals surface area contributed by atoms with E-state index in [1.165, 1.54) is 25.7 Å². The Hall–Kier alpha value is -2.85. The maximum atomic E-state index is 14.1. The first-order chi connectivity index (χ1) is 16.8. The predicted molar refractivity (Wildman–Crippen MR) is 140 cm³/mol. The molecule has 1 unspecified atom stereocenters. The summed E-state index contributed by atoms with van der Waals surface area (Å²) < 4.78 is 23.6. The third-order valence-electron chi connectivity index (χ3n) is 6.02. The van der Waals surface area contributed by atoms with Crippen LogP contribution in [0.3, 0.4) is 0 Å². The van der Waals surface area contributed by atoms with Crippen molar-refractivity contribution < 1.29 is 19.2 Å². The molecule has 0 aliphatic carbocycles. The molecule has 36 heavy (non-hydrogen) atoms. The van der Waals surface area contributed by atoms with Crippen molar-refractivity contribution in [2.75, 3.05) is 19.1 Å². The first-order valence-electron chi connectivity index (χ1n) is 11.8. The Labute approximate surface area is 211 Å². The van der Waals surface area contributed by atoms with Gasteiger partial charge in [-0.3, -0.25) is 9.36 Å². The second kappa shape index (κ2) is 11.0. The maximum absolute atomic E-state index is 14.1. The third-order valence-corrected chi connectivity index (χ3v) is 8.67. The van der Waals surface area contributed by atoms with Crippen molar-refractivity contribution in [1.82, 2.24) is 29.3 Å². The highest BCUT2D eigenvalue weighted by atomic mass is 31.2. The molecule has 3 aromatic rings. The lowest BCUT2D eigenvalue weighted by atomic mass is 10.0. The van der Waals surface area contributed by atoms with Gasteiger partial charge in [-0.1, -0.05) is 38.1 Å². The first-order valence-corrected chi connectivity index (χ1v) is 13.6. The number of nitrogen functional groups attached to an aromatic ring is 1. The van der Waals surface area contributed by atoms with Gasteiger partial charge in [0.25, 0.3) is 0 Å². The Kier molecular flexibility index (Phi) is 8.51. The molecule has 2 atom stereocenters. The summed E-state index contributed by atoms with van der Waals surface area (Å²) in [5, 5.41) is 12.5. The molecule has 0 bridgehead atoms. The van der Waals surface area contributed by atoms with Gasteiger partial charge in [0.05, 0.1) is 19.0 Å². The molecule has 196 valence electrons. The molecular formula is C24H36N7O4P. The molecule has 0 aliphatic heterocycles. The number of hydrogen-bond donors (Lipinski definition) is 3. The Morgan fingerprint density at radius 1 is 1.22 bits per heavy atom. The van der Waals surface area contributed by atoms with Crippen LogP contribution in [0, 0.1) is 0 Å². The summed E-state index contributed by atoms with van der Waals surface area (Å²) in [5.41, 5.74) is 7.70. The zero-order valence-corrected chi connectivity index (χ0v) is 22.6. The van der Waals surface area contributed by atoms with Crippen LogP contribution < -0.4 is 10.8 Å². The van der Waals surface area contributed by atoms with E-state index in [9.17, 15) is 14.5 Å². The fourth-order valence-electron chi connectivity index (χ4n) is 3.68. The number of fused-ring (bicyclic) bond motifs is 1. The molecule has 0 aliphatic rings. The number of aliphatic carboxylic acids is 1. The van der Waals surface area contributed by atoms with Crippen LogP contribution in [0.25, 0.3) is 11.2 Å². The van der Waals surface area contributed by atoms with Crippen molar-refractivity contribution in [1.29, 1.82) is 0 Å². The van der Waals surface area contributed by atoms with E-state index in [0.29, 0.717) is 36.0 Å². The number of benzene rings is 1. The molecule has 0 spiro atoms. The van der Waals surface area contributed by atoms with Crippen molar-refractivity contribution in [3.63, 3.8) is 0 Å². The van der Waals surface area contributed by atoms with Crippen molar-refractivity contribution in [2.24, 2.45) is 0 Å². The van der Waals surface area contributed by atoms with Crippen LogP contribution in [-0.4, -0.2) is 60.3 Å². The van der Waals surface area contributed by atoms with Crippen LogP contribution in [0.4, 0.5) is 5.82 Å². The van der Waals surface area contributed by atoms with Gasteiger partial charge >= 0.3 is 5.97 Å². The van der Waals surface area contributed by atoms with Crippen molar-refractivity contribution in [2.45, 2.75) is 65.3 Å². The number of carboxylic acids is 1. The number of carbonyl (C=O) groups is 1. The van der Waals surface area contributed by atoms with Gasteiger partial charge in [-0.25, -0.2) is 24.7 Å². The fraction of sp³-hybridized carbons (Fsp3) is 0.500. The van der Waals surface area contributed by atoms with Gasteiger partial charge in [-0.15, -0.1) is 0 Å². The molecule has 4 N–H and O–H groups in total. The lowest BCUT2D eigenvalue weighted by molar-refractivity contribution is -0.142. The predicted octanol–water partition coefficient (Wildman–Crippen LogP) is 3.67. The number of ether oxygens (including phenoxy) is 1. The summed E-state index contributed by atoms with van der Waals surface area (Å²) in [6.07, 6.45) is 2.42. The minimum Gasteiger partial charge on any atom is -0.480 e. The lowest BCUT2D eigenvalue weighted by Crippen LogP contribution is -2.47. The molecule has 3 rings (SSSR count). The number of nitrogens with one attached hydrogen (secondary N) is 1. The minimum atomic E-state index is -3.47. The molecule has 0 saturated carbocycles. The molecule has 0 saturated heterocycles. The van der Waals surface area contributed by atoms with Crippen molar-refractivity contribution in [3.05, 3.63) is 48.0 Å². The number of aromatic nitrogens is 4. The monoisotopic (exact) mass is 517 g/mol. The summed E-state index contributed by atoms with van der Waals surface area (Å²) in [6.45, 7) is 9.80. The summed E-state index contributed by atoms with van der Waals surface area (Å²) in [6, 6.07) is 8.11. The number of anilines is 1. The van der Waals surface area contributed by atoms with Crippen molar-refractivity contribution in [3.8, 4) is 0 Å². The van der Waals surface area contributed by atoms with Gasteiger partial charge in [-0.2, -0.15) is 0 Å². The van der Waals surface area contributed by atoms with Gasteiger partial charge in [0.2, 0.25) is 7.44 Å². The Morgan fingerprint density at radius 3 is 2.50 bits per heavy atom. The van der Waals surface area contributed by atoms with Crippen molar-refractivity contribution >= 4 is 30.4 Å².